The topological polar surface area (TPSA) is 47.3 Å². The second-order valence-electron chi connectivity index (χ2n) is 3.87. The number of ether oxygens (including phenoxy) is 1. The molecule has 6 heteroatoms. The first kappa shape index (κ1) is 14.9. The Hall–Kier alpha value is -0.200. The van der Waals surface area contributed by atoms with Gasteiger partial charge in [-0.1, -0.05) is 17.7 Å². The molecule has 1 aromatic rings. The van der Waals surface area contributed by atoms with Crippen molar-refractivity contribution in [1.82, 2.24) is 5.43 Å². The molecular weight excluding hydrogens is 310 g/mol. The van der Waals surface area contributed by atoms with Crippen LogP contribution in [0.4, 0.5) is 4.39 Å². The molecule has 0 aliphatic heterocycles. The maximum absolute atomic E-state index is 13.9. The first-order valence-corrected chi connectivity index (χ1v) is 6.35. The summed E-state index contributed by atoms with van der Waals surface area (Å²) >= 11 is 8.97. The maximum Gasteiger partial charge on any atom is 0.147 e. The molecule has 0 aliphatic carbocycles. The van der Waals surface area contributed by atoms with Crippen molar-refractivity contribution in [3.05, 3.63) is 33.0 Å². The molecule has 0 aromatic heterocycles. The molecule has 3 nitrogen and oxygen atoms in total. The van der Waals surface area contributed by atoms with E-state index in [9.17, 15) is 4.39 Å². The minimum atomic E-state index is -0.489. The third-order valence-electron chi connectivity index (χ3n) is 2.24. The molecule has 0 fully saturated rings. The Morgan fingerprint density at radius 3 is 2.71 bits per heavy atom. The summed E-state index contributed by atoms with van der Waals surface area (Å²) in [6.45, 7) is 4.08. The zero-order valence-electron chi connectivity index (χ0n) is 9.64. The summed E-state index contributed by atoms with van der Waals surface area (Å²) < 4.78 is 19.8. The van der Waals surface area contributed by atoms with E-state index in [1.807, 2.05) is 13.8 Å². The van der Waals surface area contributed by atoms with E-state index in [1.54, 1.807) is 12.1 Å². The lowest BCUT2D eigenvalue weighted by molar-refractivity contribution is 0.0604. The van der Waals surface area contributed by atoms with Gasteiger partial charge < -0.3 is 4.74 Å². The lowest BCUT2D eigenvalue weighted by Gasteiger charge is -2.19. The minimum absolute atomic E-state index is 0.0484. The monoisotopic (exact) mass is 324 g/mol. The van der Waals surface area contributed by atoms with Crippen molar-refractivity contribution < 1.29 is 9.13 Å². The van der Waals surface area contributed by atoms with E-state index in [4.69, 9.17) is 22.2 Å². The van der Waals surface area contributed by atoms with Gasteiger partial charge in [0.25, 0.3) is 0 Å². The van der Waals surface area contributed by atoms with Gasteiger partial charge in [0.1, 0.15) is 5.82 Å². The molecule has 0 heterocycles. The zero-order valence-corrected chi connectivity index (χ0v) is 12.0. The number of rotatable bonds is 5. The third-order valence-corrected chi connectivity index (χ3v) is 3.50. The summed E-state index contributed by atoms with van der Waals surface area (Å²) in [7, 11) is 0. The minimum Gasteiger partial charge on any atom is -0.377 e. The van der Waals surface area contributed by atoms with Gasteiger partial charge in [0.05, 0.1) is 23.8 Å². The quantitative estimate of drug-likeness (QED) is 0.496. The van der Waals surface area contributed by atoms with E-state index < -0.39 is 11.9 Å². The number of halogens is 3. The van der Waals surface area contributed by atoms with Crippen molar-refractivity contribution in [2.45, 2.75) is 26.0 Å². The van der Waals surface area contributed by atoms with Crippen molar-refractivity contribution in [2.75, 3.05) is 6.61 Å². The highest BCUT2D eigenvalue weighted by Crippen LogP contribution is 2.30. The first-order valence-electron chi connectivity index (χ1n) is 5.18. The van der Waals surface area contributed by atoms with Crippen molar-refractivity contribution in [1.29, 1.82) is 0 Å². The molecule has 17 heavy (non-hydrogen) atoms. The van der Waals surface area contributed by atoms with Gasteiger partial charge in [-0.15, -0.1) is 0 Å². The molecule has 0 saturated carbocycles. The van der Waals surface area contributed by atoms with Crippen LogP contribution in [0.5, 0.6) is 0 Å². The summed E-state index contributed by atoms with van der Waals surface area (Å²) in [6.07, 6.45) is 0.0554. The highest BCUT2D eigenvalue weighted by atomic mass is 79.9. The standard InChI is InChI=1S/C11H15BrClFN2O/c1-6(2)17-5-9(16-15)7-3-4-8(12)10(13)11(7)14/h3-4,6,9,16H,5,15H2,1-2H3. The van der Waals surface area contributed by atoms with Crippen LogP contribution < -0.4 is 11.3 Å². The lowest BCUT2D eigenvalue weighted by Crippen LogP contribution is -2.32. The van der Waals surface area contributed by atoms with Crippen LogP contribution in [-0.2, 0) is 4.74 Å². The van der Waals surface area contributed by atoms with Gasteiger partial charge >= 0.3 is 0 Å². The van der Waals surface area contributed by atoms with E-state index in [2.05, 4.69) is 21.4 Å². The van der Waals surface area contributed by atoms with Gasteiger partial charge in [0, 0.05) is 10.0 Å². The average Bonchev–Trinajstić information content (AvgIpc) is 2.29. The zero-order chi connectivity index (χ0) is 13.0. The van der Waals surface area contributed by atoms with Crippen molar-refractivity contribution >= 4 is 27.5 Å². The van der Waals surface area contributed by atoms with Crippen LogP contribution in [0.25, 0.3) is 0 Å². The molecule has 1 rings (SSSR count). The Morgan fingerprint density at radius 2 is 2.18 bits per heavy atom. The van der Waals surface area contributed by atoms with Gasteiger partial charge in [0.15, 0.2) is 0 Å². The van der Waals surface area contributed by atoms with E-state index in [-0.39, 0.29) is 17.7 Å². The summed E-state index contributed by atoms with van der Waals surface area (Å²) in [6, 6.07) is 2.88. The van der Waals surface area contributed by atoms with Crippen LogP contribution in [0, 0.1) is 5.82 Å². The number of nitrogens with one attached hydrogen (secondary N) is 1. The molecule has 3 N–H and O–H groups in total. The summed E-state index contributed by atoms with van der Waals surface area (Å²) in [4.78, 5) is 0. The van der Waals surface area contributed by atoms with Crippen molar-refractivity contribution in [2.24, 2.45) is 5.84 Å². The Bertz CT molecular complexity index is 390. The van der Waals surface area contributed by atoms with Gasteiger partial charge in [0.2, 0.25) is 0 Å². The van der Waals surface area contributed by atoms with Gasteiger partial charge in [-0.2, -0.15) is 0 Å². The SMILES string of the molecule is CC(C)OCC(NN)c1ccc(Br)c(Cl)c1F. The molecule has 1 atom stereocenters. The Balaban J connectivity index is 2.92. The average molecular weight is 326 g/mol. The van der Waals surface area contributed by atoms with Crippen LogP contribution in [-0.4, -0.2) is 12.7 Å². The van der Waals surface area contributed by atoms with Crippen molar-refractivity contribution in [3.63, 3.8) is 0 Å². The van der Waals surface area contributed by atoms with Gasteiger partial charge in [-0.05, 0) is 35.8 Å². The highest BCUT2D eigenvalue weighted by molar-refractivity contribution is 9.10. The molecule has 96 valence electrons. The van der Waals surface area contributed by atoms with Gasteiger partial charge in [-0.3, -0.25) is 11.3 Å². The van der Waals surface area contributed by atoms with Crippen LogP contribution in [0.2, 0.25) is 5.02 Å². The molecule has 0 aliphatic rings. The maximum atomic E-state index is 13.9. The Kier molecular flexibility index (Phi) is 5.82. The molecule has 0 radical (unpaired) electrons. The van der Waals surface area contributed by atoms with Crippen LogP contribution in [0.1, 0.15) is 25.5 Å². The molecule has 1 aromatic carbocycles. The summed E-state index contributed by atoms with van der Waals surface area (Å²) in [5, 5.41) is 0.0484. The number of hydrazine groups is 1. The van der Waals surface area contributed by atoms with E-state index in [1.165, 1.54) is 0 Å². The number of hydrogen-bond acceptors (Lipinski definition) is 3. The molecule has 0 bridgehead atoms. The van der Waals surface area contributed by atoms with Gasteiger partial charge in [-0.25, -0.2) is 4.39 Å². The predicted molar refractivity (Wildman–Crippen MR) is 70.3 cm³/mol. The van der Waals surface area contributed by atoms with E-state index in [0.29, 0.717) is 10.0 Å². The first-order chi connectivity index (χ1) is 7.97. The molecule has 0 spiro atoms. The number of hydrogen-bond donors (Lipinski definition) is 2. The van der Waals surface area contributed by atoms with Crippen LogP contribution in [0.3, 0.4) is 0 Å². The van der Waals surface area contributed by atoms with Crippen LogP contribution >= 0.6 is 27.5 Å². The lowest BCUT2D eigenvalue weighted by atomic mass is 10.1. The third kappa shape index (κ3) is 3.89. The predicted octanol–water partition coefficient (Wildman–Crippen LogP) is 3.17. The second-order valence-corrected chi connectivity index (χ2v) is 5.10. The number of nitrogens with two attached hydrogens (primary N) is 1. The normalized spacial score (nSPS) is 13.1. The summed E-state index contributed by atoms with van der Waals surface area (Å²) in [5.74, 6) is 4.91. The molecular formula is C11H15BrClFN2O. The fourth-order valence-corrected chi connectivity index (χ4v) is 1.80. The highest BCUT2D eigenvalue weighted by Gasteiger charge is 2.18. The fourth-order valence-electron chi connectivity index (χ4n) is 1.33. The molecule has 1 unspecified atom stereocenters. The van der Waals surface area contributed by atoms with E-state index >= 15 is 0 Å². The van der Waals surface area contributed by atoms with Crippen LogP contribution in [0.15, 0.2) is 16.6 Å². The smallest absolute Gasteiger partial charge is 0.147 e. The Labute approximate surface area is 114 Å². The fraction of sp³-hybridized carbons (Fsp3) is 0.455. The van der Waals surface area contributed by atoms with E-state index in [0.717, 1.165) is 0 Å². The number of benzene rings is 1. The summed E-state index contributed by atoms with van der Waals surface area (Å²) in [5.41, 5.74) is 2.91. The Morgan fingerprint density at radius 1 is 1.53 bits per heavy atom. The van der Waals surface area contributed by atoms with Crippen molar-refractivity contribution in [3.8, 4) is 0 Å². The molecule has 0 amide bonds. The second kappa shape index (κ2) is 6.66. The largest absolute Gasteiger partial charge is 0.377 e. The molecule has 0 saturated heterocycles.